The van der Waals surface area contributed by atoms with Crippen molar-refractivity contribution in [2.45, 2.75) is 4.90 Å². The molecular formula is C8H10N4O2S. The number of azo groups is 1. The molecule has 1 rings (SSSR count). The first-order valence-electron chi connectivity index (χ1n) is 3.98. The van der Waals surface area contributed by atoms with Crippen molar-refractivity contribution in [2.24, 2.45) is 21.2 Å². The molecule has 0 aliphatic carbocycles. The largest absolute Gasteiger partial charge is 0.321 e. The summed E-state index contributed by atoms with van der Waals surface area (Å²) >= 11 is -2.10. The molecule has 0 aliphatic heterocycles. The Hall–Kier alpha value is -1.60. The summed E-state index contributed by atoms with van der Waals surface area (Å²) in [5.74, 6) is 5.23. The molecule has 1 aromatic carbocycles. The number of nitrogens with two attached hydrogens (primary N) is 1. The first kappa shape index (κ1) is 11.5. The van der Waals surface area contributed by atoms with Crippen LogP contribution in [0.4, 0.5) is 0 Å². The summed E-state index contributed by atoms with van der Waals surface area (Å²) in [4.78, 5) is 0.203. The maximum atomic E-state index is 11.0. The second-order valence-corrected chi connectivity index (χ2v) is 3.44. The second-order valence-electron chi connectivity index (χ2n) is 2.50. The molecule has 0 amide bonds. The number of hydrogen-bond acceptors (Lipinski definition) is 4. The van der Waals surface area contributed by atoms with Crippen molar-refractivity contribution >= 4 is 16.9 Å². The molecule has 3 N–H and O–H groups in total. The molecule has 0 radical (unpaired) electrons. The third-order valence-electron chi connectivity index (χ3n) is 1.63. The maximum absolute atomic E-state index is 11.0. The van der Waals surface area contributed by atoms with Crippen molar-refractivity contribution in [2.75, 3.05) is 7.05 Å². The van der Waals surface area contributed by atoms with E-state index in [4.69, 9.17) is 10.4 Å². The van der Waals surface area contributed by atoms with E-state index in [2.05, 4.69) is 15.3 Å². The molecule has 0 bridgehead atoms. The summed E-state index contributed by atoms with van der Waals surface area (Å²) < 4.78 is 20.0. The zero-order chi connectivity index (χ0) is 11.3. The maximum Gasteiger partial charge on any atom is 0.201 e. The third-order valence-corrected chi connectivity index (χ3v) is 2.37. The molecule has 0 spiro atoms. The van der Waals surface area contributed by atoms with Crippen LogP contribution in [0.5, 0.6) is 0 Å². The van der Waals surface area contributed by atoms with E-state index in [9.17, 15) is 4.21 Å². The Morgan fingerprint density at radius 3 is 2.67 bits per heavy atom. The van der Waals surface area contributed by atoms with Crippen LogP contribution < -0.4 is 5.84 Å². The number of nitrogens with zero attached hydrogens (tertiary/aromatic N) is 3. The van der Waals surface area contributed by atoms with Gasteiger partial charge in [-0.1, -0.05) is 12.1 Å². The van der Waals surface area contributed by atoms with Gasteiger partial charge in [-0.05, 0) is 12.1 Å². The molecule has 1 atom stereocenters. The minimum Gasteiger partial charge on any atom is -0.321 e. The normalized spacial score (nSPS) is 14.4. The lowest BCUT2D eigenvalue weighted by molar-refractivity contribution is 0.564. The lowest BCUT2D eigenvalue weighted by Crippen LogP contribution is -2.05. The van der Waals surface area contributed by atoms with E-state index in [-0.39, 0.29) is 10.7 Å². The lowest BCUT2D eigenvalue weighted by Gasteiger charge is -2.03. The Kier molecular flexibility index (Phi) is 4.07. The summed E-state index contributed by atoms with van der Waals surface area (Å²) in [6, 6.07) is 6.44. The van der Waals surface area contributed by atoms with Crippen molar-refractivity contribution in [3.05, 3.63) is 29.8 Å². The molecule has 0 heterocycles. The Bertz CT molecular complexity index is 430. The lowest BCUT2D eigenvalue weighted by atomic mass is 10.2. The van der Waals surface area contributed by atoms with Gasteiger partial charge in [0, 0.05) is 12.6 Å². The quantitative estimate of drug-likeness (QED) is 0.196. The van der Waals surface area contributed by atoms with Gasteiger partial charge in [-0.2, -0.15) is 10.2 Å². The zero-order valence-corrected chi connectivity index (χ0v) is 8.81. The molecule has 0 saturated heterocycles. The summed E-state index contributed by atoms with van der Waals surface area (Å²) in [6.45, 7) is 0. The number of amidine groups is 1. The van der Waals surface area contributed by atoms with E-state index in [1.54, 1.807) is 18.2 Å². The van der Waals surface area contributed by atoms with Gasteiger partial charge < -0.3 is 10.4 Å². The Morgan fingerprint density at radius 2 is 2.13 bits per heavy atom. The van der Waals surface area contributed by atoms with E-state index in [0.29, 0.717) is 5.56 Å². The molecule has 15 heavy (non-hydrogen) atoms. The molecule has 80 valence electrons. The molecule has 0 aliphatic rings. The van der Waals surface area contributed by atoms with Gasteiger partial charge in [0.2, 0.25) is 5.84 Å². The Labute approximate surface area is 89.2 Å². The molecule has 0 aromatic heterocycles. The van der Waals surface area contributed by atoms with E-state index < -0.39 is 11.1 Å². The Balaban J connectivity index is 3.29. The highest BCUT2D eigenvalue weighted by Crippen LogP contribution is 2.13. The van der Waals surface area contributed by atoms with Crippen molar-refractivity contribution < 1.29 is 8.76 Å². The van der Waals surface area contributed by atoms with Crippen molar-refractivity contribution in [3.63, 3.8) is 0 Å². The summed E-state index contributed by atoms with van der Waals surface area (Å²) in [5, 5.41) is 10.6. The van der Waals surface area contributed by atoms with Crippen LogP contribution >= 0.6 is 0 Å². The molecular weight excluding hydrogens is 216 g/mol. The van der Waals surface area contributed by atoms with Crippen LogP contribution in [0.2, 0.25) is 0 Å². The predicted octanol–water partition coefficient (Wildman–Crippen LogP) is 0.970. The topological polar surface area (TPSA) is 100 Å². The summed E-state index contributed by atoms with van der Waals surface area (Å²) in [7, 11) is 1.46. The van der Waals surface area contributed by atoms with E-state index in [1.165, 1.54) is 13.1 Å². The second kappa shape index (κ2) is 5.32. The van der Waals surface area contributed by atoms with Gasteiger partial charge >= 0.3 is 0 Å². The molecule has 6 nitrogen and oxygen atoms in total. The van der Waals surface area contributed by atoms with Gasteiger partial charge in [-0.15, -0.1) is 5.11 Å². The van der Waals surface area contributed by atoms with Gasteiger partial charge in [0.1, 0.15) is 0 Å². The van der Waals surface area contributed by atoms with Crippen LogP contribution in [0.3, 0.4) is 0 Å². The standard InChI is InChI=1S/C8H10N4O2S/c1-10-12-8(11-9)6-4-2-3-5-7(6)15(13)14/h2-5H,9H2,1H3,(H,13,14). The number of hydrogen-bond donors (Lipinski definition) is 2. The highest BCUT2D eigenvalue weighted by atomic mass is 32.2. The molecule has 1 aromatic rings. The average Bonchev–Trinajstić information content (AvgIpc) is 2.26. The van der Waals surface area contributed by atoms with Crippen molar-refractivity contribution in [1.82, 2.24) is 0 Å². The van der Waals surface area contributed by atoms with Gasteiger partial charge in [-0.3, -0.25) is 0 Å². The first-order valence-corrected chi connectivity index (χ1v) is 5.09. The van der Waals surface area contributed by atoms with Gasteiger partial charge in [0.25, 0.3) is 0 Å². The fraction of sp³-hybridized carbons (Fsp3) is 0.125. The van der Waals surface area contributed by atoms with Gasteiger partial charge in [-0.25, -0.2) is 4.21 Å². The SMILES string of the molecule is CN=NC(=NN)c1ccccc1S(=O)O. The fourth-order valence-electron chi connectivity index (χ4n) is 1.05. The molecule has 0 fully saturated rings. The highest BCUT2D eigenvalue weighted by Gasteiger charge is 2.12. The summed E-state index contributed by atoms with van der Waals surface area (Å²) in [6.07, 6.45) is 0. The predicted molar refractivity (Wildman–Crippen MR) is 57.0 cm³/mol. The monoisotopic (exact) mass is 226 g/mol. The first-order chi connectivity index (χ1) is 7.20. The van der Waals surface area contributed by atoms with Crippen molar-refractivity contribution in [1.29, 1.82) is 0 Å². The van der Waals surface area contributed by atoms with E-state index >= 15 is 0 Å². The molecule has 7 heteroatoms. The zero-order valence-electron chi connectivity index (χ0n) is 7.99. The highest BCUT2D eigenvalue weighted by molar-refractivity contribution is 7.79. The minimum atomic E-state index is -2.10. The molecule has 1 unspecified atom stereocenters. The van der Waals surface area contributed by atoms with Crippen LogP contribution in [-0.2, 0) is 11.1 Å². The molecule has 0 saturated carbocycles. The number of rotatable bonds is 2. The van der Waals surface area contributed by atoms with Crippen LogP contribution in [0.15, 0.2) is 44.5 Å². The summed E-state index contributed by atoms with van der Waals surface area (Å²) in [5.41, 5.74) is 0.395. The fourth-order valence-corrected chi connectivity index (χ4v) is 1.59. The average molecular weight is 226 g/mol. The van der Waals surface area contributed by atoms with Crippen LogP contribution in [0.1, 0.15) is 5.56 Å². The van der Waals surface area contributed by atoms with Gasteiger partial charge in [0.05, 0.1) is 4.90 Å². The van der Waals surface area contributed by atoms with E-state index in [1.807, 2.05) is 0 Å². The van der Waals surface area contributed by atoms with E-state index in [0.717, 1.165) is 0 Å². The van der Waals surface area contributed by atoms with Crippen LogP contribution in [0, 0.1) is 0 Å². The minimum absolute atomic E-state index is 0.121. The Morgan fingerprint density at radius 1 is 1.47 bits per heavy atom. The number of hydrazone groups is 1. The number of benzene rings is 1. The third kappa shape index (κ3) is 2.67. The van der Waals surface area contributed by atoms with Crippen molar-refractivity contribution in [3.8, 4) is 0 Å². The smallest absolute Gasteiger partial charge is 0.201 e. The van der Waals surface area contributed by atoms with Crippen LogP contribution in [0.25, 0.3) is 0 Å². The van der Waals surface area contributed by atoms with Crippen LogP contribution in [-0.4, -0.2) is 21.6 Å². The van der Waals surface area contributed by atoms with Gasteiger partial charge in [0.15, 0.2) is 11.1 Å².